The number of anilines is 1. The van der Waals surface area contributed by atoms with E-state index in [1.807, 2.05) is 0 Å². The number of para-hydroxylation sites is 1. The lowest BCUT2D eigenvalue weighted by Crippen LogP contribution is -2.26. The molecule has 0 atom stereocenters. The summed E-state index contributed by atoms with van der Waals surface area (Å²) in [7, 11) is -3.56. The maximum Gasteiger partial charge on any atom is 0.242 e. The van der Waals surface area contributed by atoms with Gasteiger partial charge < -0.3 is 15.6 Å². The molecule has 7 heteroatoms. The topological polar surface area (TPSA) is 102 Å². The summed E-state index contributed by atoms with van der Waals surface area (Å²) in [6, 6.07) is 6.30. The molecule has 4 N–H and O–H groups in total. The first kappa shape index (κ1) is 14.9. The van der Waals surface area contributed by atoms with Crippen LogP contribution in [-0.2, 0) is 14.8 Å². The molecule has 0 unspecified atom stereocenters. The van der Waals surface area contributed by atoms with Gasteiger partial charge >= 0.3 is 0 Å². The molecule has 0 saturated carbocycles. The summed E-state index contributed by atoms with van der Waals surface area (Å²) in [4.78, 5) is 0.0845. The van der Waals surface area contributed by atoms with E-state index in [2.05, 4.69) is 4.72 Å². The molecule has 0 fully saturated rings. The van der Waals surface area contributed by atoms with Gasteiger partial charge in [-0.3, -0.25) is 0 Å². The minimum Gasteiger partial charge on any atom is -0.398 e. The molecule has 0 bridgehead atoms. The summed E-state index contributed by atoms with van der Waals surface area (Å²) in [6.07, 6.45) is 0.534. The zero-order chi connectivity index (χ0) is 13.4. The Morgan fingerprint density at radius 2 is 2.00 bits per heavy atom. The third-order valence-electron chi connectivity index (χ3n) is 2.20. The predicted octanol–water partition coefficient (Wildman–Crippen LogP) is -0.0539. The quantitative estimate of drug-likeness (QED) is 0.455. The number of benzene rings is 1. The van der Waals surface area contributed by atoms with Crippen LogP contribution in [0.5, 0.6) is 0 Å². The van der Waals surface area contributed by atoms with Crippen molar-refractivity contribution >= 4 is 15.7 Å². The zero-order valence-electron chi connectivity index (χ0n) is 10.0. The molecule has 18 heavy (non-hydrogen) atoms. The fourth-order valence-electron chi connectivity index (χ4n) is 1.35. The number of rotatable bonds is 8. The minimum absolute atomic E-state index is 0.0354. The summed E-state index contributed by atoms with van der Waals surface area (Å²) in [5.74, 6) is 0. The molecule has 6 nitrogen and oxygen atoms in total. The number of ether oxygens (including phenoxy) is 1. The van der Waals surface area contributed by atoms with E-state index >= 15 is 0 Å². The van der Waals surface area contributed by atoms with Crippen molar-refractivity contribution in [3.8, 4) is 0 Å². The lowest BCUT2D eigenvalue weighted by Gasteiger charge is -2.08. The molecule has 102 valence electrons. The average Bonchev–Trinajstić information content (AvgIpc) is 2.34. The number of sulfonamides is 1. The van der Waals surface area contributed by atoms with Gasteiger partial charge in [0.25, 0.3) is 0 Å². The molecule has 0 spiro atoms. The van der Waals surface area contributed by atoms with E-state index in [0.717, 1.165) is 0 Å². The smallest absolute Gasteiger partial charge is 0.242 e. The molecular weight excluding hydrogens is 256 g/mol. The Bertz CT molecular complexity index is 462. The maximum atomic E-state index is 11.9. The van der Waals surface area contributed by atoms with Crippen molar-refractivity contribution < 1.29 is 18.3 Å². The molecule has 0 amide bonds. The molecule has 0 aromatic heterocycles. The van der Waals surface area contributed by atoms with Gasteiger partial charge in [-0.05, 0) is 18.6 Å². The summed E-state index contributed by atoms with van der Waals surface area (Å²) in [5.41, 5.74) is 5.83. The van der Waals surface area contributed by atoms with Crippen LogP contribution in [0.2, 0.25) is 0 Å². The highest BCUT2D eigenvalue weighted by Crippen LogP contribution is 2.16. The van der Waals surface area contributed by atoms with E-state index in [1.54, 1.807) is 18.2 Å². The fraction of sp³-hybridized carbons (Fsp3) is 0.455. The Kier molecular flexibility index (Phi) is 6.06. The highest BCUT2D eigenvalue weighted by atomic mass is 32.2. The van der Waals surface area contributed by atoms with Crippen LogP contribution < -0.4 is 10.5 Å². The summed E-state index contributed by atoms with van der Waals surface area (Å²) in [6.45, 7) is 0.889. The van der Waals surface area contributed by atoms with Gasteiger partial charge in [-0.15, -0.1) is 0 Å². The lowest BCUT2D eigenvalue weighted by molar-refractivity contribution is 0.0913. The Morgan fingerprint density at radius 1 is 1.28 bits per heavy atom. The largest absolute Gasteiger partial charge is 0.398 e. The number of nitrogens with two attached hydrogens (primary N) is 1. The third kappa shape index (κ3) is 4.61. The van der Waals surface area contributed by atoms with E-state index in [9.17, 15) is 8.42 Å². The fourth-order valence-corrected chi connectivity index (χ4v) is 2.56. The van der Waals surface area contributed by atoms with Gasteiger partial charge in [0.15, 0.2) is 0 Å². The van der Waals surface area contributed by atoms with Crippen LogP contribution in [0.3, 0.4) is 0 Å². The van der Waals surface area contributed by atoms with Crippen LogP contribution in [0.15, 0.2) is 29.2 Å². The third-order valence-corrected chi connectivity index (χ3v) is 3.74. The second kappa shape index (κ2) is 7.32. The van der Waals surface area contributed by atoms with E-state index < -0.39 is 10.0 Å². The van der Waals surface area contributed by atoms with Gasteiger partial charge in [-0.25, -0.2) is 13.1 Å². The second-order valence-corrected chi connectivity index (χ2v) is 5.36. The normalized spacial score (nSPS) is 11.6. The van der Waals surface area contributed by atoms with Gasteiger partial charge in [-0.1, -0.05) is 12.1 Å². The molecule has 0 aliphatic heterocycles. The van der Waals surface area contributed by atoms with Crippen molar-refractivity contribution in [1.29, 1.82) is 0 Å². The molecular formula is C11H18N2O4S. The van der Waals surface area contributed by atoms with Crippen LogP contribution >= 0.6 is 0 Å². The first-order chi connectivity index (χ1) is 8.58. The van der Waals surface area contributed by atoms with Crippen LogP contribution in [0.1, 0.15) is 6.42 Å². The zero-order valence-corrected chi connectivity index (χ0v) is 10.8. The average molecular weight is 274 g/mol. The molecule has 0 radical (unpaired) electrons. The molecule has 1 rings (SSSR count). The van der Waals surface area contributed by atoms with Crippen LogP contribution in [-0.4, -0.2) is 39.9 Å². The first-order valence-corrected chi connectivity index (χ1v) is 7.09. The van der Waals surface area contributed by atoms with Gasteiger partial charge in [0.05, 0.1) is 18.9 Å². The summed E-state index contributed by atoms with van der Waals surface area (Å²) < 4.78 is 31.2. The molecule has 0 saturated heterocycles. The SMILES string of the molecule is Nc1ccccc1S(=O)(=O)NCCCOCCO. The number of hydrogen-bond donors (Lipinski definition) is 3. The molecule has 0 heterocycles. The van der Waals surface area contributed by atoms with E-state index in [1.165, 1.54) is 6.07 Å². The van der Waals surface area contributed by atoms with E-state index in [4.69, 9.17) is 15.6 Å². The van der Waals surface area contributed by atoms with Crippen LogP contribution in [0, 0.1) is 0 Å². The van der Waals surface area contributed by atoms with Crippen LogP contribution in [0.25, 0.3) is 0 Å². The Morgan fingerprint density at radius 3 is 2.67 bits per heavy atom. The highest BCUT2D eigenvalue weighted by molar-refractivity contribution is 7.89. The van der Waals surface area contributed by atoms with Gasteiger partial charge in [0.1, 0.15) is 4.90 Å². The minimum atomic E-state index is -3.56. The second-order valence-electron chi connectivity index (χ2n) is 3.63. The van der Waals surface area contributed by atoms with E-state index in [-0.39, 0.29) is 30.3 Å². The number of hydrogen-bond acceptors (Lipinski definition) is 5. The van der Waals surface area contributed by atoms with Crippen molar-refractivity contribution in [3.05, 3.63) is 24.3 Å². The van der Waals surface area contributed by atoms with Crippen molar-refractivity contribution in [2.75, 3.05) is 32.1 Å². The van der Waals surface area contributed by atoms with Gasteiger partial charge in [0.2, 0.25) is 10.0 Å². The van der Waals surface area contributed by atoms with Crippen molar-refractivity contribution in [2.24, 2.45) is 0 Å². The lowest BCUT2D eigenvalue weighted by atomic mass is 10.3. The van der Waals surface area contributed by atoms with Crippen molar-refractivity contribution in [2.45, 2.75) is 11.3 Å². The highest BCUT2D eigenvalue weighted by Gasteiger charge is 2.15. The first-order valence-electron chi connectivity index (χ1n) is 5.60. The molecule has 1 aromatic rings. The standard InChI is InChI=1S/C11H18N2O4S/c12-10-4-1-2-5-11(10)18(15,16)13-6-3-8-17-9-7-14/h1-2,4-5,13-14H,3,6-9,12H2. The predicted molar refractivity (Wildman–Crippen MR) is 68.6 cm³/mol. The van der Waals surface area contributed by atoms with E-state index in [0.29, 0.717) is 13.0 Å². The maximum absolute atomic E-state index is 11.9. The number of aliphatic hydroxyl groups is 1. The van der Waals surface area contributed by atoms with Gasteiger partial charge in [-0.2, -0.15) is 0 Å². The Hall–Kier alpha value is -1.15. The molecule has 0 aliphatic rings. The Balaban J connectivity index is 2.44. The monoisotopic (exact) mass is 274 g/mol. The number of nitrogens with one attached hydrogen (secondary N) is 1. The summed E-state index contributed by atoms with van der Waals surface area (Å²) in [5, 5.41) is 8.48. The van der Waals surface area contributed by atoms with Crippen molar-refractivity contribution in [3.63, 3.8) is 0 Å². The molecule has 1 aromatic carbocycles. The number of aliphatic hydroxyl groups excluding tert-OH is 1. The van der Waals surface area contributed by atoms with Crippen LogP contribution in [0.4, 0.5) is 5.69 Å². The summed E-state index contributed by atoms with van der Waals surface area (Å²) >= 11 is 0. The van der Waals surface area contributed by atoms with Crippen molar-refractivity contribution in [1.82, 2.24) is 4.72 Å². The number of nitrogen functional groups attached to an aromatic ring is 1. The van der Waals surface area contributed by atoms with Gasteiger partial charge in [0, 0.05) is 13.2 Å². The Labute approximate surface area is 107 Å². The molecule has 0 aliphatic carbocycles.